The van der Waals surface area contributed by atoms with Gasteiger partial charge in [-0.05, 0) is 48.7 Å². The van der Waals surface area contributed by atoms with Gasteiger partial charge in [-0.1, -0.05) is 40.2 Å². The Hall–Kier alpha value is -2.54. The Labute approximate surface area is 180 Å². The van der Waals surface area contributed by atoms with Gasteiger partial charge in [0.25, 0.3) is 0 Å². The third-order valence-electron chi connectivity index (χ3n) is 5.50. The van der Waals surface area contributed by atoms with E-state index in [1.807, 2.05) is 29.2 Å². The van der Waals surface area contributed by atoms with Crippen LogP contribution in [-0.4, -0.2) is 43.0 Å². The van der Waals surface area contributed by atoms with Gasteiger partial charge in [-0.25, -0.2) is 4.79 Å². The number of hydrogen-bond donors (Lipinski definition) is 2. The number of amides is 3. The molecule has 1 aliphatic rings. The molecule has 0 bridgehead atoms. The van der Waals surface area contributed by atoms with Gasteiger partial charge in [0.2, 0.25) is 5.91 Å². The van der Waals surface area contributed by atoms with Crippen molar-refractivity contribution in [1.82, 2.24) is 10.2 Å². The van der Waals surface area contributed by atoms with Crippen LogP contribution in [0.3, 0.4) is 0 Å². The second kappa shape index (κ2) is 9.31. The molecule has 3 N–H and O–H groups in total. The van der Waals surface area contributed by atoms with E-state index in [1.54, 1.807) is 0 Å². The first kappa shape index (κ1) is 21.2. The number of anilines is 1. The number of benzene rings is 2. The van der Waals surface area contributed by atoms with Gasteiger partial charge in [0.1, 0.15) is 0 Å². The van der Waals surface area contributed by atoms with Crippen LogP contribution in [-0.2, 0) is 4.79 Å². The lowest BCUT2D eigenvalue weighted by Gasteiger charge is -2.37. The molecule has 0 spiro atoms. The van der Waals surface area contributed by atoms with Gasteiger partial charge < -0.3 is 20.9 Å². The van der Waals surface area contributed by atoms with Crippen LogP contribution in [0.2, 0.25) is 0 Å². The molecule has 1 atom stereocenters. The van der Waals surface area contributed by atoms with Crippen LogP contribution in [0.4, 0.5) is 10.5 Å². The number of nitrogens with zero attached hydrogens (tertiary/aromatic N) is 2. The average Bonchev–Trinajstić information content (AvgIpc) is 2.69. The molecule has 1 heterocycles. The van der Waals surface area contributed by atoms with E-state index in [0.717, 1.165) is 23.1 Å². The number of primary amides is 1. The van der Waals surface area contributed by atoms with Crippen LogP contribution < -0.4 is 16.0 Å². The van der Waals surface area contributed by atoms with Crippen LogP contribution in [0, 0.1) is 13.8 Å². The lowest BCUT2D eigenvalue weighted by molar-refractivity contribution is -0.132. The van der Waals surface area contributed by atoms with E-state index in [2.05, 4.69) is 58.2 Å². The minimum Gasteiger partial charge on any atom is -0.368 e. The number of urea groups is 1. The third kappa shape index (κ3) is 5.29. The fourth-order valence-electron chi connectivity index (χ4n) is 3.73. The molecule has 1 fully saturated rings. The number of nitrogens with two attached hydrogens (primary N) is 1. The van der Waals surface area contributed by atoms with Crippen LogP contribution in [0.5, 0.6) is 0 Å². The first-order valence-electron chi connectivity index (χ1n) is 9.75. The van der Waals surface area contributed by atoms with Crippen molar-refractivity contribution in [3.8, 4) is 0 Å². The number of piperazine rings is 1. The summed E-state index contributed by atoms with van der Waals surface area (Å²) in [5.41, 5.74) is 9.98. The van der Waals surface area contributed by atoms with Crippen LogP contribution in [0.1, 0.15) is 29.2 Å². The maximum absolute atomic E-state index is 12.9. The third-order valence-corrected chi connectivity index (χ3v) is 5.99. The first-order chi connectivity index (χ1) is 13.8. The molecule has 0 unspecified atom stereocenters. The summed E-state index contributed by atoms with van der Waals surface area (Å²) in [6.07, 6.45) is 0.183. The molecule has 1 aliphatic heterocycles. The smallest absolute Gasteiger partial charge is 0.312 e. The highest BCUT2D eigenvalue weighted by atomic mass is 79.9. The molecular formula is C22H27BrN4O2. The van der Waals surface area contributed by atoms with Gasteiger partial charge in [-0.2, -0.15) is 0 Å². The number of hydrogen-bond acceptors (Lipinski definition) is 3. The Morgan fingerprint density at radius 2 is 1.79 bits per heavy atom. The summed E-state index contributed by atoms with van der Waals surface area (Å²) in [7, 11) is 0. The predicted octanol–water partition coefficient (Wildman–Crippen LogP) is 3.51. The van der Waals surface area contributed by atoms with E-state index in [9.17, 15) is 9.59 Å². The summed E-state index contributed by atoms with van der Waals surface area (Å²) in [5.74, 6) is 0.0179. The molecule has 3 rings (SSSR count). The number of nitrogens with one attached hydrogen (secondary N) is 1. The maximum Gasteiger partial charge on any atom is 0.312 e. The van der Waals surface area contributed by atoms with Gasteiger partial charge in [0.05, 0.1) is 12.5 Å². The average molecular weight is 459 g/mol. The maximum atomic E-state index is 12.9. The molecule has 0 saturated carbocycles. The summed E-state index contributed by atoms with van der Waals surface area (Å²) in [5, 5.41) is 2.70. The summed E-state index contributed by atoms with van der Waals surface area (Å²) in [6.45, 7) is 7.16. The van der Waals surface area contributed by atoms with Crippen molar-refractivity contribution in [3.05, 3.63) is 63.6 Å². The quantitative estimate of drug-likeness (QED) is 0.719. The molecule has 7 heteroatoms. The molecule has 29 heavy (non-hydrogen) atoms. The summed E-state index contributed by atoms with van der Waals surface area (Å²) in [6, 6.07) is 12.8. The van der Waals surface area contributed by atoms with Crippen molar-refractivity contribution in [2.24, 2.45) is 5.73 Å². The highest BCUT2D eigenvalue weighted by Crippen LogP contribution is 2.25. The second-order valence-corrected chi connectivity index (χ2v) is 8.32. The van der Waals surface area contributed by atoms with Gasteiger partial charge in [0.15, 0.2) is 0 Å². The normalized spacial score (nSPS) is 15.1. The summed E-state index contributed by atoms with van der Waals surface area (Å²) in [4.78, 5) is 28.6. The van der Waals surface area contributed by atoms with E-state index in [0.29, 0.717) is 13.1 Å². The zero-order chi connectivity index (χ0) is 21.0. The molecule has 3 amide bonds. The minimum atomic E-state index is -0.637. The molecule has 2 aromatic carbocycles. The van der Waals surface area contributed by atoms with Gasteiger partial charge in [0, 0.05) is 36.3 Å². The number of carbonyl (C=O) groups excluding carboxylic acids is 2. The van der Waals surface area contributed by atoms with Gasteiger partial charge in [-0.15, -0.1) is 0 Å². The zero-order valence-corrected chi connectivity index (χ0v) is 18.4. The zero-order valence-electron chi connectivity index (χ0n) is 16.8. The molecule has 1 saturated heterocycles. The number of carbonyl (C=O) groups is 2. The topological polar surface area (TPSA) is 78.7 Å². The molecule has 154 valence electrons. The van der Waals surface area contributed by atoms with Crippen molar-refractivity contribution in [2.75, 3.05) is 31.1 Å². The molecule has 2 aromatic rings. The standard InChI is InChI=1S/C22H27BrN4O2/c1-15-5-3-8-20(16(15)2)26-9-11-27(12-10-26)21(28)14-19(25-22(24)29)17-6-4-7-18(23)13-17/h3-8,13,19H,9-12,14H2,1-2H3,(H3,24,25,29)/t19-/m0/s1. The monoisotopic (exact) mass is 458 g/mol. The molecule has 6 nitrogen and oxygen atoms in total. The van der Waals surface area contributed by atoms with E-state index < -0.39 is 12.1 Å². The van der Waals surface area contributed by atoms with E-state index >= 15 is 0 Å². The number of halogens is 1. The van der Waals surface area contributed by atoms with E-state index in [-0.39, 0.29) is 12.3 Å². The lowest BCUT2D eigenvalue weighted by atomic mass is 10.0. The number of rotatable bonds is 5. The van der Waals surface area contributed by atoms with Crippen molar-refractivity contribution in [1.29, 1.82) is 0 Å². The van der Waals surface area contributed by atoms with Gasteiger partial charge in [-0.3, -0.25) is 4.79 Å². The van der Waals surface area contributed by atoms with Crippen molar-refractivity contribution < 1.29 is 9.59 Å². The molecular weight excluding hydrogens is 432 g/mol. The van der Waals surface area contributed by atoms with Crippen molar-refractivity contribution in [3.63, 3.8) is 0 Å². The Balaban J connectivity index is 1.64. The van der Waals surface area contributed by atoms with Crippen molar-refractivity contribution >= 4 is 33.6 Å². The first-order valence-corrected chi connectivity index (χ1v) is 10.5. The Bertz CT molecular complexity index is 894. The SMILES string of the molecule is Cc1cccc(N2CCN(C(=O)C[C@H](NC(N)=O)c3cccc(Br)c3)CC2)c1C. The highest BCUT2D eigenvalue weighted by Gasteiger charge is 2.25. The van der Waals surface area contributed by atoms with E-state index in [4.69, 9.17) is 5.73 Å². The lowest BCUT2D eigenvalue weighted by Crippen LogP contribution is -2.49. The fraction of sp³-hybridized carbons (Fsp3) is 0.364. The van der Waals surface area contributed by atoms with Crippen molar-refractivity contribution in [2.45, 2.75) is 26.3 Å². The molecule has 0 radical (unpaired) electrons. The summed E-state index contributed by atoms with van der Waals surface area (Å²) < 4.78 is 0.890. The predicted molar refractivity (Wildman–Crippen MR) is 119 cm³/mol. The van der Waals surface area contributed by atoms with Crippen LogP contribution >= 0.6 is 15.9 Å². The Morgan fingerprint density at radius 1 is 1.10 bits per heavy atom. The fourth-order valence-corrected chi connectivity index (χ4v) is 4.14. The van der Waals surface area contributed by atoms with E-state index in [1.165, 1.54) is 16.8 Å². The van der Waals surface area contributed by atoms with Crippen LogP contribution in [0.25, 0.3) is 0 Å². The van der Waals surface area contributed by atoms with Gasteiger partial charge >= 0.3 is 6.03 Å². The highest BCUT2D eigenvalue weighted by molar-refractivity contribution is 9.10. The Kier molecular flexibility index (Phi) is 6.79. The minimum absolute atomic E-state index is 0.0179. The Morgan fingerprint density at radius 3 is 2.45 bits per heavy atom. The summed E-state index contributed by atoms with van der Waals surface area (Å²) >= 11 is 3.43. The number of aryl methyl sites for hydroxylation is 1. The largest absolute Gasteiger partial charge is 0.368 e. The molecule has 0 aliphatic carbocycles. The van der Waals surface area contributed by atoms with Crippen LogP contribution in [0.15, 0.2) is 46.9 Å². The molecule has 0 aromatic heterocycles. The second-order valence-electron chi connectivity index (χ2n) is 7.41.